The molecule has 0 saturated heterocycles. The lowest BCUT2D eigenvalue weighted by molar-refractivity contribution is -0.114. The van der Waals surface area contributed by atoms with Gasteiger partial charge in [0.1, 0.15) is 12.3 Å². The molecule has 1 N–H and O–H groups in total. The summed E-state index contributed by atoms with van der Waals surface area (Å²) in [6, 6.07) is 14.1. The lowest BCUT2D eigenvalue weighted by Crippen LogP contribution is -2.38. The number of nitrogens with zero attached hydrogens (tertiary/aromatic N) is 1. The van der Waals surface area contributed by atoms with Crippen molar-refractivity contribution in [2.24, 2.45) is 0 Å². The largest absolute Gasteiger partial charge is 0.497 e. The van der Waals surface area contributed by atoms with Crippen LogP contribution in [0.15, 0.2) is 48.5 Å². The molecule has 0 aliphatic rings. The third kappa shape index (κ3) is 5.47. The molecule has 0 spiro atoms. The average molecular weight is 391 g/mol. The van der Waals surface area contributed by atoms with Gasteiger partial charge in [0.25, 0.3) is 0 Å². The van der Waals surface area contributed by atoms with Crippen molar-refractivity contribution in [1.29, 1.82) is 0 Å². The highest BCUT2D eigenvalue weighted by molar-refractivity contribution is 7.92. The molecule has 0 radical (unpaired) electrons. The minimum Gasteiger partial charge on any atom is -0.497 e. The number of rotatable bonds is 6. The van der Waals surface area contributed by atoms with E-state index in [1.54, 1.807) is 43.5 Å². The van der Waals surface area contributed by atoms with E-state index < -0.39 is 15.9 Å². The number of ether oxygens (including phenoxy) is 1. The molecule has 0 heterocycles. The highest BCUT2D eigenvalue weighted by Gasteiger charge is 2.27. The summed E-state index contributed by atoms with van der Waals surface area (Å²) in [5.41, 5.74) is 1.66. The molecule has 0 aliphatic carbocycles. The van der Waals surface area contributed by atoms with E-state index in [0.29, 0.717) is 17.1 Å². The lowest BCUT2D eigenvalue weighted by Gasteiger charge is -2.29. The van der Waals surface area contributed by atoms with Crippen LogP contribution in [0, 0.1) is 0 Å². The molecule has 6 nitrogen and oxygen atoms in total. The lowest BCUT2D eigenvalue weighted by atomic mass is 9.86. The van der Waals surface area contributed by atoms with Gasteiger partial charge < -0.3 is 10.1 Å². The zero-order valence-electron chi connectivity index (χ0n) is 16.3. The zero-order valence-corrected chi connectivity index (χ0v) is 17.1. The number of amides is 1. The first-order valence-electron chi connectivity index (χ1n) is 8.53. The number of hydrogen-bond acceptors (Lipinski definition) is 4. The van der Waals surface area contributed by atoms with Gasteiger partial charge in [-0.15, -0.1) is 0 Å². The van der Waals surface area contributed by atoms with E-state index in [1.807, 2.05) is 32.9 Å². The molecule has 0 atom stereocenters. The smallest absolute Gasteiger partial charge is 0.245 e. The van der Waals surface area contributed by atoms with Gasteiger partial charge in [-0.2, -0.15) is 0 Å². The second kappa shape index (κ2) is 8.00. The number of hydrogen-bond donors (Lipinski definition) is 1. The minimum absolute atomic E-state index is 0.272. The van der Waals surface area contributed by atoms with E-state index >= 15 is 0 Å². The molecule has 0 unspecified atom stereocenters. The minimum atomic E-state index is -3.65. The first kappa shape index (κ1) is 20.8. The molecule has 7 heteroatoms. The van der Waals surface area contributed by atoms with Crippen LogP contribution >= 0.6 is 0 Å². The van der Waals surface area contributed by atoms with Crippen LogP contribution in [0.3, 0.4) is 0 Å². The molecule has 2 aromatic carbocycles. The number of sulfonamides is 1. The Labute approximate surface area is 161 Å². The van der Waals surface area contributed by atoms with E-state index in [-0.39, 0.29) is 12.0 Å². The van der Waals surface area contributed by atoms with Gasteiger partial charge in [-0.3, -0.25) is 9.10 Å². The molecular formula is C20H26N2O4S. The topological polar surface area (TPSA) is 75.7 Å². The van der Waals surface area contributed by atoms with E-state index in [2.05, 4.69) is 5.32 Å². The predicted octanol–water partition coefficient (Wildman–Crippen LogP) is 3.40. The molecule has 0 saturated carbocycles. The van der Waals surface area contributed by atoms with Gasteiger partial charge in [-0.1, -0.05) is 39.0 Å². The Morgan fingerprint density at radius 2 is 1.67 bits per heavy atom. The summed E-state index contributed by atoms with van der Waals surface area (Å²) in [4.78, 5) is 12.5. The monoisotopic (exact) mass is 390 g/mol. The third-order valence-electron chi connectivity index (χ3n) is 4.04. The fourth-order valence-corrected chi connectivity index (χ4v) is 3.58. The van der Waals surface area contributed by atoms with E-state index in [0.717, 1.165) is 16.1 Å². The summed E-state index contributed by atoms with van der Waals surface area (Å²) < 4.78 is 31.1. The first-order chi connectivity index (χ1) is 12.5. The summed E-state index contributed by atoms with van der Waals surface area (Å²) in [7, 11) is -2.09. The molecule has 0 bridgehead atoms. The molecule has 0 fully saturated rings. The van der Waals surface area contributed by atoms with Crippen molar-refractivity contribution in [3.05, 3.63) is 54.1 Å². The highest BCUT2D eigenvalue weighted by Crippen LogP contribution is 2.33. The number of carbonyl (C=O) groups is 1. The number of benzene rings is 2. The normalized spacial score (nSPS) is 11.7. The van der Waals surface area contributed by atoms with Gasteiger partial charge in [-0.05, 0) is 41.3 Å². The first-order valence-corrected chi connectivity index (χ1v) is 10.4. The third-order valence-corrected chi connectivity index (χ3v) is 5.17. The number of methoxy groups -OCH3 is 1. The van der Waals surface area contributed by atoms with Crippen LogP contribution in [0.2, 0.25) is 0 Å². The van der Waals surface area contributed by atoms with Crippen LogP contribution in [0.25, 0.3) is 0 Å². The van der Waals surface area contributed by atoms with Crippen molar-refractivity contribution in [1.82, 2.24) is 0 Å². The summed E-state index contributed by atoms with van der Waals surface area (Å²) in [5, 5.41) is 2.72. The van der Waals surface area contributed by atoms with Crippen LogP contribution in [0.1, 0.15) is 26.3 Å². The van der Waals surface area contributed by atoms with Crippen molar-refractivity contribution in [2.75, 3.05) is 29.5 Å². The van der Waals surface area contributed by atoms with Gasteiger partial charge in [0.05, 0.1) is 19.1 Å². The fraction of sp³-hybridized carbons (Fsp3) is 0.350. The Hall–Kier alpha value is -2.54. The quantitative estimate of drug-likeness (QED) is 0.820. The predicted molar refractivity (Wildman–Crippen MR) is 109 cm³/mol. The van der Waals surface area contributed by atoms with Gasteiger partial charge >= 0.3 is 0 Å². The van der Waals surface area contributed by atoms with Crippen molar-refractivity contribution in [3.8, 4) is 5.75 Å². The molecule has 1 amide bonds. The van der Waals surface area contributed by atoms with Crippen LogP contribution in [-0.2, 0) is 20.2 Å². The maximum Gasteiger partial charge on any atom is 0.245 e. The van der Waals surface area contributed by atoms with Crippen LogP contribution in [0.5, 0.6) is 5.75 Å². The van der Waals surface area contributed by atoms with Gasteiger partial charge in [0.2, 0.25) is 15.9 Å². The van der Waals surface area contributed by atoms with Crippen LogP contribution in [-0.4, -0.2) is 34.2 Å². The van der Waals surface area contributed by atoms with Gasteiger partial charge in [0, 0.05) is 5.69 Å². The van der Waals surface area contributed by atoms with E-state index in [4.69, 9.17) is 4.74 Å². The molecule has 27 heavy (non-hydrogen) atoms. The molecule has 2 aromatic rings. The van der Waals surface area contributed by atoms with Crippen molar-refractivity contribution in [2.45, 2.75) is 26.2 Å². The van der Waals surface area contributed by atoms with Gasteiger partial charge in [0.15, 0.2) is 0 Å². The number of para-hydroxylation sites is 1. The Balaban J connectivity index is 2.29. The number of nitrogens with one attached hydrogen (secondary N) is 1. The Morgan fingerprint density at radius 1 is 1.07 bits per heavy atom. The average Bonchev–Trinajstić information content (AvgIpc) is 2.58. The zero-order chi connectivity index (χ0) is 20.2. The Bertz CT molecular complexity index is 900. The van der Waals surface area contributed by atoms with Gasteiger partial charge in [-0.25, -0.2) is 8.42 Å². The van der Waals surface area contributed by atoms with Crippen LogP contribution in [0.4, 0.5) is 11.4 Å². The Kier molecular flexibility index (Phi) is 6.15. The van der Waals surface area contributed by atoms with Crippen molar-refractivity contribution < 1.29 is 17.9 Å². The molecule has 0 aliphatic heterocycles. The maximum absolute atomic E-state index is 12.5. The summed E-state index contributed by atoms with van der Waals surface area (Å²) in [5.74, 6) is 0.249. The van der Waals surface area contributed by atoms with Crippen molar-refractivity contribution >= 4 is 27.3 Å². The second-order valence-corrected chi connectivity index (χ2v) is 9.22. The summed E-state index contributed by atoms with van der Waals surface area (Å²) in [6.07, 6.45) is 1.10. The fourth-order valence-electron chi connectivity index (χ4n) is 2.71. The number of carbonyl (C=O) groups excluding carboxylic acids is 1. The number of anilines is 2. The van der Waals surface area contributed by atoms with E-state index in [1.165, 1.54) is 0 Å². The molecular weight excluding hydrogens is 364 g/mol. The Morgan fingerprint density at radius 3 is 2.19 bits per heavy atom. The standard InChI is InChI=1S/C20H26N2O4S/c1-20(2,3)17-8-6-7-9-18(17)22(27(5,24)25)14-19(23)21-15-10-12-16(26-4)13-11-15/h6-13H,14H2,1-5H3,(H,21,23). The highest BCUT2D eigenvalue weighted by atomic mass is 32.2. The van der Waals surface area contributed by atoms with Crippen LogP contribution < -0.4 is 14.4 Å². The maximum atomic E-state index is 12.5. The summed E-state index contributed by atoms with van der Waals surface area (Å²) >= 11 is 0. The molecule has 146 valence electrons. The van der Waals surface area contributed by atoms with E-state index in [9.17, 15) is 13.2 Å². The SMILES string of the molecule is COc1ccc(NC(=O)CN(c2ccccc2C(C)(C)C)S(C)(=O)=O)cc1. The molecule has 2 rings (SSSR count). The molecule has 0 aromatic heterocycles. The summed E-state index contributed by atoms with van der Waals surface area (Å²) in [6.45, 7) is 5.70. The van der Waals surface area contributed by atoms with Crippen molar-refractivity contribution in [3.63, 3.8) is 0 Å². The second-order valence-electron chi connectivity index (χ2n) is 7.31.